The molecule has 1 N–H and O–H groups in total. The Labute approximate surface area is 178 Å². The molecular formula is C22H19N5O4. The number of nitrogens with zero attached hydrogens (tertiary/aromatic N) is 4. The summed E-state index contributed by atoms with van der Waals surface area (Å²) in [6.45, 7) is 0. The van der Waals surface area contributed by atoms with E-state index in [4.69, 9.17) is 14.2 Å². The number of ether oxygens (including phenoxy) is 3. The lowest BCUT2D eigenvalue weighted by atomic mass is 10.1. The number of aromatic nitrogens is 4. The fourth-order valence-electron chi connectivity index (χ4n) is 2.77. The molecule has 0 spiro atoms. The Morgan fingerprint density at radius 2 is 1.65 bits per heavy atom. The molecule has 0 aliphatic heterocycles. The van der Waals surface area contributed by atoms with Crippen LogP contribution >= 0.6 is 0 Å². The highest BCUT2D eigenvalue weighted by Crippen LogP contribution is 2.25. The molecular weight excluding hydrogens is 398 g/mol. The van der Waals surface area contributed by atoms with Crippen LogP contribution in [0.3, 0.4) is 0 Å². The maximum atomic E-state index is 12.6. The number of amides is 1. The molecule has 156 valence electrons. The number of hydrogen-bond donors (Lipinski definition) is 1. The van der Waals surface area contributed by atoms with E-state index in [0.717, 1.165) is 0 Å². The smallest absolute Gasteiger partial charge is 0.255 e. The van der Waals surface area contributed by atoms with Crippen molar-refractivity contribution in [3.05, 3.63) is 78.9 Å². The third kappa shape index (κ3) is 4.78. The Morgan fingerprint density at radius 3 is 2.23 bits per heavy atom. The molecule has 2 aromatic carbocycles. The number of nitrogens with one attached hydrogen (secondary N) is 1. The summed E-state index contributed by atoms with van der Waals surface area (Å²) in [7, 11) is 3.07. The van der Waals surface area contributed by atoms with Gasteiger partial charge in [-0.15, -0.1) is 10.2 Å². The molecule has 4 aromatic rings. The van der Waals surface area contributed by atoms with Gasteiger partial charge in [-0.05, 0) is 42.5 Å². The van der Waals surface area contributed by atoms with Gasteiger partial charge in [-0.2, -0.15) is 0 Å². The topological polar surface area (TPSA) is 100 Å². The first-order valence-corrected chi connectivity index (χ1v) is 9.29. The quantitative estimate of drug-likeness (QED) is 0.489. The van der Waals surface area contributed by atoms with E-state index in [9.17, 15) is 4.79 Å². The van der Waals surface area contributed by atoms with Crippen LogP contribution in [0.5, 0.6) is 23.1 Å². The van der Waals surface area contributed by atoms with Gasteiger partial charge in [-0.1, -0.05) is 0 Å². The van der Waals surface area contributed by atoms with E-state index in [1.54, 1.807) is 77.9 Å². The van der Waals surface area contributed by atoms with Crippen LogP contribution in [0.4, 0.5) is 5.69 Å². The van der Waals surface area contributed by atoms with Gasteiger partial charge in [0.2, 0.25) is 5.88 Å². The largest absolute Gasteiger partial charge is 0.497 e. The molecule has 0 bridgehead atoms. The highest BCUT2D eigenvalue weighted by molar-refractivity contribution is 6.04. The van der Waals surface area contributed by atoms with Crippen molar-refractivity contribution >= 4 is 11.6 Å². The van der Waals surface area contributed by atoms with Crippen molar-refractivity contribution in [3.8, 4) is 28.9 Å². The lowest BCUT2D eigenvalue weighted by Gasteiger charge is -2.10. The van der Waals surface area contributed by atoms with Crippen molar-refractivity contribution in [1.82, 2.24) is 19.7 Å². The molecule has 1 amide bonds. The van der Waals surface area contributed by atoms with Gasteiger partial charge in [-0.25, -0.2) is 4.98 Å². The molecule has 0 aliphatic rings. The van der Waals surface area contributed by atoms with Crippen LogP contribution in [0.2, 0.25) is 0 Å². The summed E-state index contributed by atoms with van der Waals surface area (Å²) in [4.78, 5) is 16.6. The summed E-state index contributed by atoms with van der Waals surface area (Å²) in [6.07, 6.45) is 5.08. The number of imidazole rings is 1. The number of benzene rings is 2. The number of carbonyl (C=O) groups is 1. The van der Waals surface area contributed by atoms with E-state index in [1.807, 2.05) is 0 Å². The predicted octanol–water partition coefficient (Wildman–Crippen LogP) is 3.72. The standard InChI is InChI=1S/C22H19N5O4/c1-29-18-11-15(12-19(13-18)30-2)22(28)24-16-3-5-17(6-4-16)31-21-8-7-20(25-26-21)27-10-9-23-14-27/h3-14H,1-2H3,(H,24,28). The Kier molecular flexibility index (Phi) is 5.75. The van der Waals surface area contributed by atoms with Crippen LogP contribution in [0.25, 0.3) is 5.82 Å². The molecule has 0 atom stereocenters. The molecule has 0 aliphatic carbocycles. The molecule has 0 saturated heterocycles. The molecule has 0 fully saturated rings. The number of anilines is 1. The van der Waals surface area contributed by atoms with Gasteiger partial charge in [0.15, 0.2) is 5.82 Å². The fraction of sp³-hybridized carbons (Fsp3) is 0.0909. The molecule has 31 heavy (non-hydrogen) atoms. The second kappa shape index (κ2) is 8.95. The SMILES string of the molecule is COc1cc(OC)cc(C(=O)Nc2ccc(Oc3ccc(-n4ccnc4)nn3)cc2)c1. The maximum Gasteiger partial charge on any atom is 0.255 e. The van der Waals surface area contributed by atoms with Gasteiger partial charge in [0.1, 0.15) is 23.6 Å². The minimum atomic E-state index is -0.285. The minimum Gasteiger partial charge on any atom is -0.497 e. The highest BCUT2D eigenvalue weighted by Gasteiger charge is 2.11. The second-order valence-electron chi connectivity index (χ2n) is 6.38. The maximum absolute atomic E-state index is 12.6. The van der Waals surface area contributed by atoms with E-state index in [-0.39, 0.29) is 5.91 Å². The summed E-state index contributed by atoms with van der Waals surface area (Å²) in [5, 5.41) is 11.0. The van der Waals surface area contributed by atoms with E-state index >= 15 is 0 Å². The number of carbonyl (C=O) groups excluding carboxylic acids is 1. The Morgan fingerprint density at radius 1 is 0.903 bits per heavy atom. The molecule has 4 rings (SSSR count). The molecule has 0 radical (unpaired) electrons. The van der Waals surface area contributed by atoms with Crippen molar-refractivity contribution in [2.24, 2.45) is 0 Å². The van der Waals surface area contributed by atoms with E-state index < -0.39 is 0 Å². The lowest BCUT2D eigenvalue weighted by Crippen LogP contribution is -2.12. The fourth-order valence-corrected chi connectivity index (χ4v) is 2.77. The van der Waals surface area contributed by atoms with Crippen LogP contribution in [-0.2, 0) is 0 Å². The van der Waals surface area contributed by atoms with Gasteiger partial charge in [0.05, 0.1) is 14.2 Å². The summed E-state index contributed by atoms with van der Waals surface area (Å²) < 4.78 is 17.9. The van der Waals surface area contributed by atoms with Crippen LogP contribution in [0.1, 0.15) is 10.4 Å². The first-order chi connectivity index (χ1) is 15.1. The van der Waals surface area contributed by atoms with Gasteiger partial charge in [-0.3, -0.25) is 9.36 Å². The van der Waals surface area contributed by atoms with Gasteiger partial charge >= 0.3 is 0 Å². The number of methoxy groups -OCH3 is 2. The predicted molar refractivity (Wildman–Crippen MR) is 113 cm³/mol. The van der Waals surface area contributed by atoms with Crippen molar-refractivity contribution in [3.63, 3.8) is 0 Å². The number of rotatable bonds is 7. The van der Waals surface area contributed by atoms with Crippen LogP contribution in [0.15, 0.2) is 73.3 Å². The van der Waals surface area contributed by atoms with Gasteiger partial charge in [0.25, 0.3) is 5.91 Å². The summed E-state index contributed by atoms with van der Waals surface area (Å²) in [5.41, 5.74) is 1.03. The van der Waals surface area contributed by atoms with E-state index in [0.29, 0.717) is 40.2 Å². The Balaban J connectivity index is 1.41. The highest BCUT2D eigenvalue weighted by atomic mass is 16.5. The number of hydrogen-bond acceptors (Lipinski definition) is 7. The van der Waals surface area contributed by atoms with Crippen LogP contribution < -0.4 is 19.5 Å². The minimum absolute atomic E-state index is 0.285. The zero-order valence-electron chi connectivity index (χ0n) is 16.9. The van der Waals surface area contributed by atoms with Crippen molar-refractivity contribution in [2.45, 2.75) is 0 Å². The molecule has 9 heteroatoms. The average molecular weight is 417 g/mol. The first kappa shape index (κ1) is 19.9. The molecule has 0 saturated carbocycles. The first-order valence-electron chi connectivity index (χ1n) is 9.29. The zero-order chi connectivity index (χ0) is 21.6. The van der Waals surface area contributed by atoms with Crippen molar-refractivity contribution < 1.29 is 19.0 Å². The zero-order valence-corrected chi connectivity index (χ0v) is 16.9. The van der Waals surface area contributed by atoms with Crippen LogP contribution in [0, 0.1) is 0 Å². The third-order valence-corrected chi connectivity index (χ3v) is 4.34. The third-order valence-electron chi connectivity index (χ3n) is 4.34. The van der Waals surface area contributed by atoms with Gasteiger partial charge < -0.3 is 19.5 Å². The Hall–Kier alpha value is -4.40. The summed E-state index contributed by atoms with van der Waals surface area (Å²) in [6, 6.07) is 15.4. The van der Waals surface area contributed by atoms with Crippen LogP contribution in [-0.4, -0.2) is 39.9 Å². The van der Waals surface area contributed by atoms with Crippen molar-refractivity contribution in [1.29, 1.82) is 0 Å². The monoisotopic (exact) mass is 417 g/mol. The van der Waals surface area contributed by atoms with Gasteiger partial charge in [0, 0.05) is 35.8 Å². The Bertz CT molecular complexity index is 1140. The second-order valence-corrected chi connectivity index (χ2v) is 6.38. The lowest BCUT2D eigenvalue weighted by molar-refractivity contribution is 0.102. The van der Waals surface area contributed by atoms with Crippen molar-refractivity contribution in [2.75, 3.05) is 19.5 Å². The molecule has 2 heterocycles. The normalized spacial score (nSPS) is 10.4. The van der Waals surface area contributed by atoms with E-state index in [1.165, 1.54) is 14.2 Å². The molecule has 2 aromatic heterocycles. The average Bonchev–Trinajstić information content (AvgIpc) is 3.35. The summed E-state index contributed by atoms with van der Waals surface area (Å²) in [5.74, 6) is 2.33. The molecule has 0 unspecified atom stereocenters. The molecule has 9 nitrogen and oxygen atoms in total. The van der Waals surface area contributed by atoms with E-state index in [2.05, 4.69) is 20.5 Å². The summed E-state index contributed by atoms with van der Waals surface area (Å²) >= 11 is 0.